The first-order valence-electron chi connectivity index (χ1n) is 5.49. The van der Waals surface area contributed by atoms with Gasteiger partial charge in [0, 0.05) is 18.8 Å². The van der Waals surface area contributed by atoms with Crippen molar-refractivity contribution < 1.29 is 4.74 Å². The molecule has 0 aliphatic heterocycles. The highest BCUT2D eigenvalue weighted by atomic mass is 16.5. The average molecular weight is 185 g/mol. The maximum Gasteiger partial charge on any atom is 0.0483 e. The van der Waals surface area contributed by atoms with Crippen molar-refractivity contribution in [2.24, 2.45) is 11.7 Å². The molecular weight excluding hydrogens is 162 g/mol. The molecule has 0 aromatic carbocycles. The van der Waals surface area contributed by atoms with Gasteiger partial charge in [0.2, 0.25) is 0 Å². The predicted molar refractivity (Wildman–Crippen MR) is 55.7 cm³/mol. The van der Waals surface area contributed by atoms with Gasteiger partial charge in [0.1, 0.15) is 0 Å². The van der Waals surface area contributed by atoms with E-state index in [0.717, 1.165) is 32.0 Å². The zero-order chi connectivity index (χ0) is 9.73. The standard InChI is InChI=1S/C11H23NO/c1-10(2)4-8-13-9-7-11(12)5-3-6-11/h10H,3-9,12H2,1-2H3. The molecule has 1 fully saturated rings. The van der Waals surface area contributed by atoms with Crippen LogP contribution in [-0.2, 0) is 4.74 Å². The fourth-order valence-electron chi connectivity index (χ4n) is 1.58. The number of nitrogens with two attached hydrogens (primary N) is 1. The van der Waals surface area contributed by atoms with Gasteiger partial charge in [0.05, 0.1) is 0 Å². The summed E-state index contributed by atoms with van der Waals surface area (Å²) < 4.78 is 5.54. The lowest BCUT2D eigenvalue weighted by atomic mass is 9.76. The Hall–Kier alpha value is -0.0800. The highest BCUT2D eigenvalue weighted by molar-refractivity contribution is 4.92. The minimum absolute atomic E-state index is 0.137. The summed E-state index contributed by atoms with van der Waals surface area (Å²) in [5, 5.41) is 0. The van der Waals surface area contributed by atoms with Gasteiger partial charge in [-0.3, -0.25) is 0 Å². The molecule has 1 aliphatic rings. The summed E-state index contributed by atoms with van der Waals surface area (Å²) in [6.07, 6.45) is 5.91. The lowest BCUT2D eigenvalue weighted by Crippen LogP contribution is -2.47. The van der Waals surface area contributed by atoms with Crippen LogP contribution in [0.1, 0.15) is 46.0 Å². The van der Waals surface area contributed by atoms with Crippen molar-refractivity contribution in [3.8, 4) is 0 Å². The number of hydrogen-bond acceptors (Lipinski definition) is 2. The number of ether oxygens (including phenoxy) is 1. The molecule has 0 aromatic heterocycles. The third kappa shape index (κ3) is 4.10. The van der Waals surface area contributed by atoms with Crippen molar-refractivity contribution in [3.05, 3.63) is 0 Å². The zero-order valence-electron chi connectivity index (χ0n) is 9.01. The average Bonchev–Trinajstić information content (AvgIpc) is 2.00. The summed E-state index contributed by atoms with van der Waals surface area (Å²) in [5.41, 5.74) is 6.20. The second kappa shape index (κ2) is 4.97. The van der Waals surface area contributed by atoms with Crippen LogP contribution >= 0.6 is 0 Å². The summed E-state index contributed by atoms with van der Waals surface area (Å²) in [7, 11) is 0. The molecule has 1 rings (SSSR count). The highest BCUT2D eigenvalue weighted by Gasteiger charge is 2.31. The molecule has 2 nitrogen and oxygen atoms in total. The van der Waals surface area contributed by atoms with Crippen LogP contribution < -0.4 is 5.73 Å². The maximum absolute atomic E-state index is 6.06. The van der Waals surface area contributed by atoms with Gasteiger partial charge in [-0.1, -0.05) is 13.8 Å². The van der Waals surface area contributed by atoms with Crippen molar-refractivity contribution in [3.63, 3.8) is 0 Å². The van der Waals surface area contributed by atoms with E-state index >= 15 is 0 Å². The van der Waals surface area contributed by atoms with Crippen LogP contribution in [0.5, 0.6) is 0 Å². The van der Waals surface area contributed by atoms with Crippen molar-refractivity contribution in [2.45, 2.75) is 51.5 Å². The Bertz CT molecular complexity index is 141. The molecule has 0 spiro atoms. The van der Waals surface area contributed by atoms with Gasteiger partial charge in [0.25, 0.3) is 0 Å². The second-order valence-corrected chi connectivity index (χ2v) is 4.76. The molecule has 1 saturated carbocycles. The summed E-state index contributed by atoms with van der Waals surface area (Å²) in [6.45, 7) is 6.19. The minimum Gasteiger partial charge on any atom is -0.381 e. The van der Waals surface area contributed by atoms with Crippen LogP contribution in [0.15, 0.2) is 0 Å². The summed E-state index contributed by atoms with van der Waals surface area (Å²) in [6, 6.07) is 0. The van der Waals surface area contributed by atoms with Crippen molar-refractivity contribution >= 4 is 0 Å². The van der Waals surface area contributed by atoms with Gasteiger partial charge in [0.15, 0.2) is 0 Å². The van der Waals surface area contributed by atoms with E-state index in [1.807, 2.05) is 0 Å². The van der Waals surface area contributed by atoms with E-state index < -0.39 is 0 Å². The molecule has 2 N–H and O–H groups in total. The molecule has 78 valence electrons. The Labute approximate surface area is 81.8 Å². The van der Waals surface area contributed by atoms with E-state index in [0.29, 0.717) is 0 Å². The van der Waals surface area contributed by atoms with Crippen LogP contribution in [-0.4, -0.2) is 18.8 Å². The number of hydrogen-bond donors (Lipinski definition) is 1. The first-order chi connectivity index (χ1) is 6.12. The molecule has 2 heteroatoms. The lowest BCUT2D eigenvalue weighted by molar-refractivity contribution is 0.0878. The quantitative estimate of drug-likeness (QED) is 0.644. The maximum atomic E-state index is 6.06. The van der Waals surface area contributed by atoms with Crippen LogP contribution in [0.3, 0.4) is 0 Å². The molecule has 0 radical (unpaired) electrons. The van der Waals surface area contributed by atoms with Gasteiger partial charge in [-0.2, -0.15) is 0 Å². The Morgan fingerprint density at radius 2 is 2.00 bits per heavy atom. The first-order valence-corrected chi connectivity index (χ1v) is 5.49. The summed E-state index contributed by atoms with van der Waals surface area (Å²) in [5.74, 6) is 0.746. The molecule has 0 bridgehead atoms. The molecule has 0 amide bonds. The molecule has 13 heavy (non-hydrogen) atoms. The Morgan fingerprint density at radius 3 is 2.46 bits per heavy atom. The predicted octanol–water partition coefficient (Wildman–Crippen LogP) is 2.32. The zero-order valence-corrected chi connectivity index (χ0v) is 9.01. The highest BCUT2D eigenvalue weighted by Crippen LogP contribution is 2.31. The van der Waals surface area contributed by atoms with Crippen LogP contribution in [0.2, 0.25) is 0 Å². The fraction of sp³-hybridized carbons (Fsp3) is 1.00. The topological polar surface area (TPSA) is 35.2 Å². The molecule has 0 heterocycles. The SMILES string of the molecule is CC(C)CCOCCC1(N)CCC1. The molecule has 0 atom stereocenters. The molecular formula is C11H23NO. The normalized spacial score (nSPS) is 20.3. The van der Waals surface area contributed by atoms with Crippen LogP contribution in [0, 0.1) is 5.92 Å². The number of rotatable bonds is 6. The lowest BCUT2D eigenvalue weighted by Gasteiger charge is -2.38. The van der Waals surface area contributed by atoms with Gasteiger partial charge >= 0.3 is 0 Å². The van der Waals surface area contributed by atoms with Crippen LogP contribution in [0.4, 0.5) is 0 Å². The van der Waals surface area contributed by atoms with Crippen molar-refractivity contribution in [1.29, 1.82) is 0 Å². The Balaban J connectivity index is 1.89. The monoisotopic (exact) mass is 185 g/mol. The molecule has 0 aromatic rings. The van der Waals surface area contributed by atoms with E-state index in [2.05, 4.69) is 13.8 Å². The van der Waals surface area contributed by atoms with E-state index in [1.54, 1.807) is 0 Å². The fourth-order valence-corrected chi connectivity index (χ4v) is 1.58. The van der Waals surface area contributed by atoms with Gasteiger partial charge in [-0.25, -0.2) is 0 Å². The molecule has 1 aliphatic carbocycles. The van der Waals surface area contributed by atoms with Crippen molar-refractivity contribution in [2.75, 3.05) is 13.2 Å². The largest absolute Gasteiger partial charge is 0.381 e. The third-order valence-electron chi connectivity index (χ3n) is 2.93. The Kier molecular flexibility index (Phi) is 4.20. The third-order valence-corrected chi connectivity index (χ3v) is 2.93. The van der Waals surface area contributed by atoms with E-state index in [-0.39, 0.29) is 5.54 Å². The smallest absolute Gasteiger partial charge is 0.0483 e. The minimum atomic E-state index is 0.137. The van der Waals surface area contributed by atoms with E-state index in [4.69, 9.17) is 10.5 Å². The molecule has 0 unspecified atom stereocenters. The van der Waals surface area contributed by atoms with Gasteiger partial charge in [-0.15, -0.1) is 0 Å². The second-order valence-electron chi connectivity index (χ2n) is 4.76. The van der Waals surface area contributed by atoms with Crippen molar-refractivity contribution in [1.82, 2.24) is 0 Å². The summed E-state index contributed by atoms with van der Waals surface area (Å²) >= 11 is 0. The molecule has 0 saturated heterocycles. The first kappa shape index (κ1) is 11.0. The Morgan fingerprint density at radius 1 is 1.31 bits per heavy atom. The van der Waals surface area contributed by atoms with Gasteiger partial charge < -0.3 is 10.5 Å². The van der Waals surface area contributed by atoms with E-state index in [9.17, 15) is 0 Å². The van der Waals surface area contributed by atoms with Gasteiger partial charge in [-0.05, 0) is 38.0 Å². The van der Waals surface area contributed by atoms with E-state index in [1.165, 1.54) is 19.3 Å². The van der Waals surface area contributed by atoms with Crippen LogP contribution in [0.25, 0.3) is 0 Å². The summed E-state index contributed by atoms with van der Waals surface area (Å²) in [4.78, 5) is 0.